The number of fused-ring (bicyclic) bond motifs is 1. The van der Waals surface area contributed by atoms with Gasteiger partial charge in [0.2, 0.25) is 0 Å². The Morgan fingerprint density at radius 2 is 1.93 bits per heavy atom. The Hall–Kier alpha value is -1.99. The van der Waals surface area contributed by atoms with E-state index in [2.05, 4.69) is 44.9 Å². The maximum absolute atomic E-state index is 12.3. The van der Waals surface area contributed by atoms with E-state index in [9.17, 15) is 13.2 Å². The number of hydrogen-bond donors (Lipinski definition) is 1. The lowest BCUT2D eigenvalue weighted by molar-refractivity contribution is -0.274. The first-order chi connectivity index (χ1) is 12.9. The monoisotopic (exact) mass is 379 g/mol. The minimum atomic E-state index is -4.65. The third-order valence-corrected chi connectivity index (χ3v) is 5.73. The molecular formula is C20H24F3N3O. The van der Waals surface area contributed by atoms with Gasteiger partial charge in [0.05, 0.1) is 0 Å². The van der Waals surface area contributed by atoms with Gasteiger partial charge in [-0.05, 0) is 54.1 Å². The molecule has 1 aromatic heterocycles. The Bertz CT molecular complexity index is 777. The van der Waals surface area contributed by atoms with E-state index in [0.29, 0.717) is 12.5 Å². The standard InChI is InChI=1S/C20H24F3N3O/c1-25-7-3-5-15(25)11-26-12-18-17(19(18)13-26)10-24-9-14-4-2-6-16(8-14)27-20(21,22)23/h2-8,17-19,24H,9-13H2,1H3. The molecule has 2 heterocycles. The smallest absolute Gasteiger partial charge is 0.406 e. The summed E-state index contributed by atoms with van der Waals surface area (Å²) in [5.41, 5.74) is 2.14. The molecule has 2 atom stereocenters. The van der Waals surface area contributed by atoms with Crippen LogP contribution in [-0.4, -0.2) is 35.5 Å². The molecule has 2 aliphatic rings. The van der Waals surface area contributed by atoms with Crippen LogP contribution in [0.5, 0.6) is 5.75 Å². The van der Waals surface area contributed by atoms with E-state index in [0.717, 1.165) is 43.6 Å². The first kappa shape index (κ1) is 18.4. The van der Waals surface area contributed by atoms with E-state index in [1.165, 1.54) is 17.8 Å². The molecule has 1 aliphatic heterocycles. The van der Waals surface area contributed by atoms with Gasteiger partial charge in [-0.3, -0.25) is 4.90 Å². The van der Waals surface area contributed by atoms with Gasteiger partial charge in [-0.2, -0.15) is 0 Å². The van der Waals surface area contributed by atoms with Gasteiger partial charge >= 0.3 is 6.36 Å². The molecule has 4 nitrogen and oxygen atoms in total. The molecule has 2 aromatic rings. The van der Waals surface area contributed by atoms with Crippen molar-refractivity contribution in [3.05, 3.63) is 53.9 Å². The fourth-order valence-corrected chi connectivity index (χ4v) is 4.29. The van der Waals surface area contributed by atoms with Crippen molar-refractivity contribution in [1.82, 2.24) is 14.8 Å². The van der Waals surface area contributed by atoms with Gasteiger partial charge in [-0.25, -0.2) is 0 Å². The molecule has 0 amide bonds. The Labute approximate surface area is 156 Å². The number of nitrogens with zero attached hydrogens (tertiary/aromatic N) is 2. The van der Waals surface area contributed by atoms with Crippen molar-refractivity contribution >= 4 is 0 Å². The highest BCUT2D eigenvalue weighted by atomic mass is 19.4. The first-order valence-electron chi connectivity index (χ1n) is 9.27. The molecule has 1 saturated heterocycles. The van der Waals surface area contributed by atoms with E-state index in [-0.39, 0.29) is 5.75 Å². The molecule has 0 spiro atoms. The van der Waals surface area contributed by atoms with Gasteiger partial charge in [0.1, 0.15) is 5.75 Å². The van der Waals surface area contributed by atoms with Crippen LogP contribution in [0.1, 0.15) is 11.3 Å². The van der Waals surface area contributed by atoms with Crippen LogP contribution in [0.15, 0.2) is 42.6 Å². The zero-order valence-corrected chi connectivity index (χ0v) is 15.2. The van der Waals surface area contributed by atoms with Gasteiger partial charge in [-0.1, -0.05) is 12.1 Å². The average molecular weight is 379 g/mol. The number of nitrogens with one attached hydrogen (secondary N) is 1. The fraction of sp³-hybridized carbons (Fsp3) is 0.500. The Morgan fingerprint density at radius 1 is 1.15 bits per heavy atom. The SMILES string of the molecule is Cn1cccc1CN1CC2C(CNCc3cccc(OC(F)(F)F)c3)C2C1. The van der Waals surface area contributed by atoms with Gasteiger partial charge < -0.3 is 14.6 Å². The third-order valence-electron chi connectivity index (χ3n) is 5.73. The number of ether oxygens (including phenoxy) is 1. The number of piperidine rings is 1. The van der Waals surface area contributed by atoms with Crippen LogP contribution in [0.4, 0.5) is 13.2 Å². The topological polar surface area (TPSA) is 29.4 Å². The zero-order valence-electron chi connectivity index (χ0n) is 15.2. The van der Waals surface area contributed by atoms with Crippen LogP contribution >= 0.6 is 0 Å². The number of alkyl halides is 3. The van der Waals surface area contributed by atoms with Gasteiger partial charge in [0.25, 0.3) is 0 Å². The Morgan fingerprint density at radius 3 is 2.59 bits per heavy atom. The first-order valence-corrected chi connectivity index (χ1v) is 9.27. The van der Waals surface area contributed by atoms with Gasteiger partial charge in [-0.15, -0.1) is 13.2 Å². The lowest BCUT2D eigenvalue weighted by Crippen LogP contribution is -2.28. The molecule has 7 heteroatoms. The Kier molecular flexibility index (Phi) is 4.90. The second-order valence-corrected chi connectivity index (χ2v) is 7.62. The van der Waals surface area contributed by atoms with Crippen molar-refractivity contribution < 1.29 is 17.9 Å². The van der Waals surface area contributed by atoms with Crippen molar-refractivity contribution in [3.63, 3.8) is 0 Å². The van der Waals surface area contributed by atoms with Crippen LogP contribution < -0.4 is 10.1 Å². The molecular weight excluding hydrogens is 355 g/mol. The van der Waals surface area contributed by atoms with Crippen LogP contribution in [0.3, 0.4) is 0 Å². The molecule has 2 fully saturated rings. The maximum Gasteiger partial charge on any atom is 0.573 e. The molecule has 4 rings (SSSR count). The normalized spacial score (nSPS) is 24.8. The number of rotatable bonds is 7. The second kappa shape index (κ2) is 7.20. The lowest BCUT2D eigenvalue weighted by Gasteiger charge is -2.20. The van der Waals surface area contributed by atoms with Gasteiger partial charge in [0.15, 0.2) is 0 Å². The summed E-state index contributed by atoms with van der Waals surface area (Å²) >= 11 is 0. The number of aromatic nitrogens is 1. The summed E-state index contributed by atoms with van der Waals surface area (Å²) in [5.74, 6) is 2.01. The van der Waals surface area contributed by atoms with E-state index >= 15 is 0 Å². The molecule has 146 valence electrons. The summed E-state index contributed by atoms with van der Waals surface area (Å²) in [4.78, 5) is 2.51. The van der Waals surface area contributed by atoms with Crippen molar-refractivity contribution in [2.75, 3.05) is 19.6 Å². The van der Waals surface area contributed by atoms with Crippen LogP contribution in [0, 0.1) is 17.8 Å². The van der Waals surface area contributed by atoms with Crippen molar-refractivity contribution in [2.45, 2.75) is 19.5 Å². The van der Waals surface area contributed by atoms with Crippen molar-refractivity contribution in [3.8, 4) is 5.75 Å². The molecule has 1 saturated carbocycles. The van der Waals surface area contributed by atoms with E-state index in [4.69, 9.17) is 0 Å². The molecule has 27 heavy (non-hydrogen) atoms. The van der Waals surface area contributed by atoms with E-state index < -0.39 is 6.36 Å². The summed E-state index contributed by atoms with van der Waals surface area (Å²) in [7, 11) is 2.08. The lowest BCUT2D eigenvalue weighted by atomic mass is 10.2. The second-order valence-electron chi connectivity index (χ2n) is 7.62. The van der Waals surface area contributed by atoms with Crippen LogP contribution in [0.25, 0.3) is 0 Å². The number of aryl methyl sites for hydroxylation is 1. The average Bonchev–Trinajstić information content (AvgIpc) is 2.92. The molecule has 2 unspecified atom stereocenters. The largest absolute Gasteiger partial charge is 0.573 e. The number of likely N-dealkylation sites (tertiary alicyclic amines) is 1. The summed E-state index contributed by atoms with van der Waals surface area (Å²) in [6.45, 7) is 4.74. The minimum Gasteiger partial charge on any atom is -0.406 e. The summed E-state index contributed by atoms with van der Waals surface area (Å²) < 4.78 is 43.0. The highest BCUT2D eigenvalue weighted by Gasteiger charge is 2.54. The van der Waals surface area contributed by atoms with Crippen molar-refractivity contribution in [1.29, 1.82) is 0 Å². The van der Waals surface area contributed by atoms with Crippen LogP contribution in [-0.2, 0) is 20.1 Å². The number of hydrogen-bond acceptors (Lipinski definition) is 3. The summed E-state index contributed by atoms with van der Waals surface area (Å²) in [5, 5.41) is 3.39. The highest BCUT2D eigenvalue weighted by molar-refractivity contribution is 5.28. The Balaban J connectivity index is 1.19. The highest BCUT2D eigenvalue weighted by Crippen LogP contribution is 2.51. The molecule has 0 bridgehead atoms. The molecule has 0 radical (unpaired) electrons. The zero-order chi connectivity index (χ0) is 19.0. The number of halogens is 3. The molecule has 1 N–H and O–H groups in total. The molecule has 1 aromatic carbocycles. The summed E-state index contributed by atoms with van der Waals surface area (Å²) in [6, 6.07) is 10.4. The fourth-order valence-electron chi connectivity index (χ4n) is 4.29. The van der Waals surface area contributed by atoms with E-state index in [1.54, 1.807) is 6.07 Å². The predicted molar refractivity (Wildman–Crippen MR) is 96.0 cm³/mol. The van der Waals surface area contributed by atoms with Gasteiger partial charge in [0, 0.05) is 45.1 Å². The summed E-state index contributed by atoms with van der Waals surface area (Å²) in [6.07, 6.45) is -2.57. The quantitative estimate of drug-likeness (QED) is 0.800. The third kappa shape index (κ3) is 4.47. The van der Waals surface area contributed by atoms with Crippen molar-refractivity contribution in [2.24, 2.45) is 24.8 Å². The molecule has 1 aliphatic carbocycles. The maximum atomic E-state index is 12.3. The number of benzene rings is 1. The van der Waals surface area contributed by atoms with E-state index in [1.807, 2.05) is 6.07 Å². The predicted octanol–water partition coefficient (Wildman–Crippen LogP) is 3.39. The minimum absolute atomic E-state index is 0.165. The van der Waals surface area contributed by atoms with Crippen LogP contribution in [0.2, 0.25) is 0 Å².